The van der Waals surface area contributed by atoms with E-state index in [1.807, 2.05) is 19.1 Å². The van der Waals surface area contributed by atoms with Gasteiger partial charge >= 0.3 is 0 Å². The van der Waals surface area contributed by atoms with Crippen molar-refractivity contribution < 1.29 is 13.2 Å². The van der Waals surface area contributed by atoms with Crippen LogP contribution in [0.25, 0.3) is 5.69 Å². The molecule has 0 aliphatic heterocycles. The number of aromatic nitrogens is 2. The second-order valence-electron chi connectivity index (χ2n) is 6.22. The lowest BCUT2D eigenvalue weighted by Gasteiger charge is -2.10. The first-order valence-electron chi connectivity index (χ1n) is 9.08. The highest BCUT2D eigenvalue weighted by atomic mass is 35.5. The maximum Gasteiger partial charge on any atom is 0.254 e. The number of amides is 1. The van der Waals surface area contributed by atoms with Gasteiger partial charge in [0.1, 0.15) is 0 Å². The number of carbonyl (C=O) groups excluding carboxylic acids is 1. The number of sulfonamides is 1. The van der Waals surface area contributed by atoms with Gasteiger partial charge in [0, 0.05) is 18.1 Å². The van der Waals surface area contributed by atoms with Crippen LogP contribution in [0.4, 0.5) is 0 Å². The number of rotatable bonds is 8. The maximum atomic E-state index is 12.6. The average Bonchev–Trinajstić information content (AvgIpc) is 3.16. The van der Waals surface area contributed by atoms with E-state index in [1.165, 1.54) is 18.3 Å². The molecule has 1 amide bonds. The quantitative estimate of drug-likeness (QED) is 0.535. The predicted molar refractivity (Wildman–Crippen MR) is 112 cm³/mol. The summed E-state index contributed by atoms with van der Waals surface area (Å²) in [5.41, 5.74) is 1.96. The van der Waals surface area contributed by atoms with Crippen LogP contribution in [0.5, 0.6) is 0 Å². The highest BCUT2D eigenvalue weighted by Gasteiger charge is 2.18. The Morgan fingerprint density at radius 3 is 2.55 bits per heavy atom. The molecule has 0 aliphatic rings. The molecule has 2 N–H and O–H groups in total. The van der Waals surface area contributed by atoms with Gasteiger partial charge in [-0.25, -0.2) is 17.8 Å². The molecule has 0 saturated heterocycles. The summed E-state index contributed by atoms with van der Waals surface area (Å²) in [4.78, 5) is 12.7. The van der Waals surface area contributed by atoms with Crippen molar-refractivity contribution >= 4 is 27.5 Å². The normalized spacial score (nSPS) is 11.4. The van der Waals surface area contributed by atoms with Gasteiger partial charge < -0.3 is 5.32 Å². The van der Waals surface area contributed by atoms with Gasteiger partial charge in [-0.3, -0.25) is 4.79 Å². The number of hydrogen-bond acceptors (Lipinski definition) is 4. The molecule has 0 radical (unpaired) electrons. The average molecular weight is 433 g/mol. The zero-order valence-electron chi connectivity index (χ0n) is 15.8. The fourth-order valence-corrected chi connectivity index (χ4v) is 4.11. The van der Waals surface area contributed by atoms with Crippen molar-refractivity contribution in [3.8, 4) is 5.69 Å². The van der Waals surface area contributed by atoms with Crippen LogP contribution in [0.1, 0.15) is 23.0 Å². The lowest BCUT2D eigenvalue weighted by Crippen LogP contribution is -2.35. The topological polar surface area (TPSA) is 93.1 Å². The van der Waals surface area contributed by atoms with E-state index in [-0.39, 0.29) is 23.9 Å². The third-order valence-corrected chi connectivity index (χ3v) is 5.97. The third-order valence-electron chi connectivity index (χ3n) is 4.26. The van der Waals surface area contributed by atoms with Gasteiger partial charge in [0.25, 0.3) is 5.91 Å². The molecule has 152 valence electrons. The van der Waals surface area contributed by atoms with Crippen molar-refractivity contribution in [2.45, 2.75) is 18.2 Å². The Morgan fingerprint density at radius 1 is 1.10 bits per heavy atom. The van der Waals surface area contributed by atoms with Crippen LogP contribution in [0.2, 0.25) is 5.02 Å². The Kier molecular flexibility index (Phi) is 6.68. The number of hydrogen-bond donors (Lipinski definition) is 2. The van der Waals surface area contributed by atoms with Crippen molar-refractivity contribution in [3.63, 3.8) is 0 Å². The van der Waals surface area contributed by atoms with Crippen LogP contribution >= 0.6 is 11.6 Å². The van der Waals surface area contributed by atoms with Gasteiger partial charge in [0.15, 0.2) is 0 Å². The maximum absolute atomic E-state index is 12.6. The van der Waals surface area contributed by atoms with Crippen molar-refractivity contribution in [3.05, 3.63) is 77.1 Å². The van der Waals surface area contributed by atoms with Gasteiger partial charge in [0.05, 0.1) is 28.0 Å². The third kappa shape index (κ3) is 5.03. The molecule has 1 heterocycles. The Balaban J connectivity index is 1.63. The molecule has 0 aliphatic carbocycles. The van der Waals surface area contributed by atoms with E-state index in [2.05, 4.69) is 15.1 Å². The summed E-state index contributed by atoms with van der Waals surface area (Å²) in [5, 5.41) is 7.62. The number of nitrogens with zero attached hydrogens (tertiary/aromatic N) is 2. The van der Waals surface area contributed by atoms with Crippen LogP contribution in [0, 0.1) is 0 Å². The molecule has 0 spiro atoms. The molecule has 9 heteroatoms. The monoisotopic (exact) mass is 432 g/mol. The highest BCUT2D eigenvalue weighted by molar-refractivity contribution is 7.89. The fraction of sp³-hybridized carbons (Fsp3) is 0.200. The summed E-state index contributed by atoms with van der Waals surface area (Å²) in [6.07, 6.45) is 2.10. The minimum atomic E-state index is -3.60. The molecule has 0 atom stereocenters. The summed E-state index contributed by atoms with van der Waals surface area (Å²) in [6.45, 7) is 2.16. The largest absolute Gasteiger partial charge is 0.351 e. The molecule has 3 aromatic rings. The Hall–Kier alpha value is -2.68. The Labute approximate surface area is 174 Å². The Bertz CT molecular complexity index is 1100. The summed E-state index contributed by atoms with van der Waals surface area (Å²) in [5.74, 6) is -0.311. The summed E-state index contributed by atoms with van der Waals surface area (Å²) >= 11 is 6.05. The minimum absolute atomic E-state index is 0.0762. The predicted octanol–water partition coefficient (Wildman–Crippen LogP) is 2.80. The lowest BCUT2D eigenvalue weighted by molar-refractivity contribution is 0.0953. The molecule has 0 fully saturated rings. The molecule has 0 unspecified atom stereocenters. The molecule has 2 aromatic carbocycles. The van der Waals surface area contributed by atoms with E-state index >= 15 is 0 Å². The van der Waals surface area contributed by atoms with Crippen molar-refractivity contribution in [1.29, 1.82) is 0 Å². The highest BCUT2D eigenvalue weighted by Crippen LogP contribution is 2.19. The lowest BCUT2D eigenvalue weighted by atomic mass is 10.2. The van der Waals surface area contributed by atoms with E-state index in [9.17, 15) is 13.2 Å². The number of nitrogens with one attached hydrogen (secondary N) is 2. The second kappa shape index (κ2) is 9.21. The van der Waals surface area contributed by atoms with E-state index in [0.717, 1.165) is 11.4 Å². The zero-order chi connectivity index (χ0) is 20.9. The minimum Gasteiger partial charge on any atom is -0.351 e. The van der Waals surface area contributed by atoms with Gasteiger partial charge in [-0.1, -0.05) is 42.8 Å². The molecule has 3 rings (SSSR count). The first kappa shape index (κ1) is 21.0. The number of halogens is 1. The SMILES string of the molecule is CCc1c(C(=O)NCCNS(=O)(=O)c2ccccc2)cnn1-c1cccc(Cl)c1. The van der Waals surface area contributed by atoms with E-state index in [4.69, 9.17) is 11.6 Å². The standard InChI is InChI=1S/C20H21ClN4O3S/c1-2-19-18(14-23-25(19)16-8-6-7-15(21)13-16)20(26)22-11-12-24-29(27,28)17-9-4-3-5-10-17/h3-10,13-14,24H,2,11-12H2,1H3,(H,22,26). The summed E-state index contributed by atoms with van der Waals surface area (Å²) in [7, 11) is -3.60. The molecule has 0 saturated carbocycles. The first-order valence-corrected chi connectivity index (χ1v) is 10.9. The first-order chi connectivity index (χ1) is 13.9. The molecule has 29 heavy (non-hydrogen) atoms. The summed E-state index contributed by atoms with van der Waals surface area (Å²) < 4.78 is 28.5. The van der Waals surface area contributed by atoms with Crippen molar-refractivity contribution in [2.24, 2.45) is 0 Å². The van der Waals surface area contributed by atoms with E-state index in [0.29, 0.717) is 17.0 Å². The van der Waals surface area contributed by atoms with Crippen LogP contribution in [-0.2, 0) is 16.4 Å². The zero-order valence-corrected chi connectivity index (χ0v) is 17.4. The Morgan fingerprint density at radius 2 is 1.86 bits per heavy atom. The van der Waals surface area contributed by atoms with Gasteiger partial charge in [-0.15, -0.1) is 0 Å². The van der Waals surface area contributed by atoms with Crippen LogP contribution in [0.3, 0.4) is 0 Å². The van der Waals surface area contributed by atoms with Gasteiger partial charge in [-0.2, -0.15) is 5.10 Å². The van der Waals surface area contributed by atoms with E-state index < -0.39 is 10.0 Å². The molecule has 0 bridgehead atoms. The number of benzene rings is 2. The molecular formula is C20H21ClN4O3S. The van der Waals surface area contributed by atoms with Gasteiger partial charge in [-0.05, 0) is 36.8 Å². The van der Waals surface area contributed by atoms with Crippen LogP contribution in [-0.4, -0.2) is 37.2 Å². The summed E-state index contributed by atoms with van der Waals surface area (Å²) in [6, 6.07) is 15.3. The number of carbonyl (C=O) groups is 1. The van der Waals surface area contributed by atoms with Crippen molar-refractivity contribution in [1.82, 2.24) is 19.8 Å². The van der Waals surface area contributed by atoms with Crippen molar-refractivity contribution in [2.75, 3.05) is 13.1 Å². The van der Waals surface area contributed by atoms with Crippen LogP contribution < -0.4 is 10.0 Å². The van der Waals surface area contributed by atoms with Gasteiger partial charge in [0.2, 0.25) is 10.0 Å². The smallest absolute Gasteiger partial charge is 0.254 e. The van der Waals surface area contributed by atoms with E-state index in [1.54, 1.807) is 35.0 Å². The molecule has 7 nitrogen and oxygen atoms in total. The second-order valence-corrected chi connectivity index (χ2v) is 8.42. The molecular weight excluding hydrogens is 412 g/mol. The molecule has 1 aromatic heterocycles. The fourth-order valence-electron chi connectivity index (χ4n) is 2.87. The van der Waals surface area contributed by atoms with Crippen LogP contribution in [0.15, 0.2) is 65.7 Å².